The van der Waals surface area contributed by atoms with E-state index in [0.29, 0.717) is 5.69 Å². The third kappa shape index (κ3) is 3.52. The highest BCUT2D eigenvalue weighted by Gasteiger charge is 2.13. The second kappa shape index (κ2) is 6.77. The molecule has 0 bridgehead atoms. The van der Waals surface area contributed by atoms with Crippen LogP contribution in [0.5, 0.6) is 0 Å². The molecule has 0 aliphatic carbocycles. The second-order valence-electron chi connectivity index (χ2n) is 4.01. The molecule has 0 aromatic heterocycles. The van der Waals surface area contributed by atoms with E-state index >= 15 is 0 Å². The van der Waals surface area contributed by atoms with Crippen molar-refractivity contribution in [1.29, 1.82) is 0 Å². The first-order valence-corrected chi connectivity index (χ1v) is 7.46. The van der Waals surface area contributed by atoms with Gasteiger partial charge in [0, 0.05) is 9.92 Å². The predicted octanol–water partition coefficient (Wildman–Crippen LogP) is 4.84. The standard InChI is InChI=1S/C15H13ClFNOS/c1-2-20-14-6-4-3-5-13(14)18-15(19)11-8-7-10(16)9-12(11)17/h3-9H,2H2,1H3,(H,18,19). The largest absolute Gasteiger partial charge is 0.321 e. The van der Waals surface area contributed by atoms with Crippen molar-refractivity contribution in [3.8, 4) is 0 Å². The Morgan fingerprint density at radius 1 is 1.30 bits per heavy atom. The van der Waals surface area contributed by atoms with Gasteiger partial charge in [0.05, 0.1) is 11.3 Å². The molecule has 0 heterocycles. The van der Waals surface area contributed by atoms with E-state index in [1.165, 1.54) is 12.1 Å². The van der Waals surface area contributed by atoms with Crippen LogP contribution in [0.2, 0.25) is 5.02 Å². The van der Waals surface area contributed by atoms with Crippen molar-refractivity contribution in [3.05, 3.63) is 58.9 Å². The molecule has 0 saturated heterocycles. The van der Waals surface area contributed by atoms with Gasteiger partial charge < -0.3 is 5.32 Å². The molecule has 5 heteroatoms. The Balaban J connectivity index is 2.23. The lowest BCUT2D eigenvalue weighted by molar-refractivity contribution is 0.102. The molecule has 2 nitrogen and oxygen atoms in total. The number of carbonyl (C=O) groups is 1. The summed E-state index contributed by atoms with van der Waals surface area (Å²) in [5.41, 5.74) is 0.657. The highest BCUT2D eigenvalue weighted by Crippen LogP contribution is 2.27. The molecule has 2 aromatic carbocycles. The van der Waals surface area contributed by atoms with Crippen LogP contribution in [-0.2, 0) is 0 Å². The molecule has 0 unspecified atom stereocenters. The molecular weight excluding hydrogens is 297 g/mol. The highest BCUT2D eigenvalue weighted by atomic mass is 35.5. The summed E-state index contributed by atoms with van der Waals surface area (Å²) in [4.78, 5) is 13.1. The molecule has 0 saturated carbocycles. The van der Waals surface area contributed by atoms with Crippen LogP contribution in [-0.4, -0.2) is 11.7 Å². The molecule has 0 spiro atoms. The van der Waals surface area contributed by atoms with Gasteiger partial charge in [-0.05, 0) is 36.1 Å². The minimum Gasteiger partial charge on any atom is -0.321 e. The molecule has 1 N–H and O–H groups in total. The molecule has 1 amide bonds. The first-order chi connectivity index (χ1) is 9.61. The van der Waals surface area contributed by atoms with E-state index in [4.69, 9.17) is 11.6 Å². The van der Waals surface area contributed by atoms with Crippen LogP contribution in [0.3, 0.4) is 0 Å². The van der Waals surface area contributed by atoms with Crippen LogP contribution < -0.4 is 5.32 Å². The summed E-state index contributed by atoms with van der Waals surface area (Å²) in [5, 5.41) is 2.99. The van der Waals surface area contributed by atoms with Gasteiger partial charge in [-0.25, -0.2) is 4.39 Å². The van der Waals surface area contributed by atoms with Crippen molar-refractivity contribution in [2.75, 3.05) is 11.1 Å². The average molecular weight is 310 g/mol. The Morgan fingerprint density at radius 2 is 2.05 bits per heavy atom. The van der Waals surface area contributed by atoms with Gasteiger partial charge in [-0.3, -0.25) is 4.79 Å². The van der Waals surface area contributed by atoms with Crippen LogP contribution in [0.25, 0.3) is 0 Å². The van der Waals surface area contributed by atoms with E-state index in [1.807, 2.05) is 25.1 Å². The van der Waals surface area contributed by atoms with Crippen LogP contribution in [0.15, 0.2) is 47.4 Å². The van der Waals surface area contributed by atoms with Crippen molar-refractivity contribution in [2.24, 2.45) is 0 Å². The summed E-state index contributed by atoms with van der Waals surface area (Å²) >= 11 is 7.29. The predicted molar refractivity (Wildman–Crippen MR) is 82.2 cm³/mol. The number of thioether (sulfide) groups is 1. The third-order valence-electron chi connectivity index (χ3n) is 2.61. The van der Waals surface area contributed by atoms with Gasteiger partial charge in [-0.1, -0.05) is 30.7 Å². The van der Waals surface area contributed by atoms with E-state index in [2.05, 4.69) is 5.32 Å². The summed E-state index contributed by atoms with van der Waals surface area (Å²) in [6.45, 7) is 2.03. The number of nitrogens with one attached hydrogen (secondary N) is 1. The van der Waals surface area contributed by atoms with Crippen LogP contribution in [0.4, 0.5) is 10.1 Å². The Kier molecular flexibility index (Phi) is 5.04. The lowest BCUT2D eigenvalue weighted by Gasteiger charge is -2.10. The number of anilines is 1. The minimum absolute atomic E-state index is 0.0225. The Morgan fingerprint density at radius 3 is 2.75 bits per heavy atom. The highest BCUT2D eigenvalue weighted by molar-refractivity contribution is 7.99. The number of halogens is 2. The van der Waals surface area contributed by atoms with Gasteiger partial charge in [-0.2, -0.15) is 0 Å². The fourth-order valence-electron chi connectivity index (χ4n) is 1.71. The fourth-order valence-corrected chi connectivity index (χ4v) is 2.63. The number of para-hydroxylation sites is 1. The maximum Gasteiger partial charge on any atom is 0.258 e. The van der Waals surface area contributed by atoms with Crippen molar-refractivity contribution in [2.45, 2.75) is 11.8 Å². The zero-order valence-electron chi connectivity index (χ0n) is 10.8. The summed E-state index contributed by atoms with van der Waals surface area (Å²) in [5.74, 6) is -0.221. The lowest BCUT2D eigenvalue weighted by Crippen LogP contribution is -2.14. The zero-order valence-corrected chi connectivity index (χ0v) is 12.4. The molecule has 0 aliphatic heterocycles. The van der Waals surface area contributed by atoms with Crippen molar-refractivity contribution in [1.82, 2.24) is 0 Å². The molecule has 2 aromatic rings. The topological polar surface area (TPSA) is 29.1 Å². The number of hydrogen-bond donors (Lipinski definition) is 1. The molecule has 0 radical (unpaired) electrons. The van der Waals surface area contributed by atoms with E-state index in [-0.39, 0.29) is 10.6 Å². The fraction of sp³-hybridized carbons (Fsp3) is 0.133. The van der Waals surface area contributed by atoms with Gasteiger partial charge in [0.2, 0.25) is 0 Å². The SMILES string of the molecule is CCSc1ccccc1NC(=O)c1ccc(Cl)cc1F. The van der Waals surface area contributed by atoms with E-state index in [0.717, 1.165) is 16.7 Å². The van der Waals surface area contributed by atoms with Gasteiger partial charge in [0.1, 0.15) is 5.82 Å². The van der Waals surface area contributed by atoms with Gasteiger partial charge >= 0.3 is 0 Å². The number of rotatable bonds is 4. The minimum atomic E-state index is -0.629. The molecular formula is C15H13ClFNOS. The van der Waals surface area contributed by atoms with Gasteiger partial charge in [0.25, 0.3) is 5.91 Å². The third-order valence-corrected chi connectivity index (χ3v) is 3.80. The van der Waals surface area contributed by atoms with Gasteiger partial charge in [-0.15, -0.1) is 11.8 Å². The maximum atomic E-state index is 13.7. The average Bonchev–Trinajstić information content (AvgIpc) is 2.41. The molecule has 0 fully saturated rings. The zero-order chi connectivity index (χ0) is 14.5. The van der Waals surface area contributed by atoms with Gasteiger partial charge in [0.15, 0.2) is 0 Å². The molecule has 20 heavy (non-hydrogen) atoms. The maximum absolute atomic E-state index is 13.7. The monoisotopic (exact) mass is 309 g/mol. The lowest BCUT2D eigenvalue weighted by atomic mass is 10.2. The number of amides is 1. The Labute approximate surface area is 126 Å². The van der Waals surface area contributed by atoms with E-state index in [1.54, 1.807) is 17.8 Å². The first kappa shape index (κ1) is 14.9. The van der Waals surface area contributed by atoms with E-state index in [9.17, 15) is 9.18 Å². The van der Waals surface area contributed by atoms with Crippen molar-refractivity contribution < 1.29 is 9.18 Å². The smallest absolute Gasteiger partial charge is 0.258 e. The number of carbonyl (C=O) groups excluding carboxylic acids is 1. The molecule has 0 atom stereocenters. The molecule has 104 valence electrons. The normalized spacial score (nSPS) is 10.3. The Bertz CT molecular complexity index is 633. The summed E-state index contributed by atoms with van der Waals surface area (Å²) in [6.07, 6.45) is 0. The summed E-state index contributed by atoms with van der Waals surface area (Å²) in [6, 6.07) is 11.4. The van der Waals surface area contributed by atoms with Crippen molar-refractivity contribution >= 4 is 35.0 Å². The molecule has 2 rings (SSSR count). The van der Waals surface area contributed by atoms with Crippen LogP contribution >= 0.6 is 23.4 Å². The number of benzene rings is 2. The van der Waals surface area contributed by atoms with E-state index < -0.39 is 11.7 Å². The quantitative estimate of drug-likeness (QED) is 0.818. The Hall–Kier alpha value is -1.52. The van der Waals surface area contributed by atoms with Crippen molar-refractivity contribution in [3.63, 3.8) is 0 Å². The van der Waals surface area contributed by atoms with Crippen LogP contribution in [0.1, 0.15) is 17.3 Å². The second-order valence-corrected chi connectivity index (χ2v) is 5.75. The van der Waals surface area contributed by atoms with Crippen LogP contribution in [0, 0.1) is 5.82 Å². The summed E-state index contributed by atoms with van der Waals surface area (Å²) < 4.78 is 13.7. The first-order valence-electron chi connectivity index (χ1n) is 6.10. The summed E-state index contributed by atoms with van der Waals surface area (Å²) in [7, 11) is 0. The number of hydrogen-bond acceptors (Lipinski definition) is 2. The molecule has 0 aliphatic rings.